The standard InChI is InChI=1S/C16H17NO/c1-18-16-9-5-4-8-15(16)17-11-13-10-12-6-2-3-7-14(12)13/h2-9,13,17H,10-11H2,1H3. The lowest BCUT2D eigenvalue weighted by molar-refractivity contribution is 0.416. The van der Waals surface area contributed by atoms with E-state index >= 15 is 0 Å². The first-order valence-electron chi connectivity index (χ1n) is 6.33. The summed E-state index contributed by atoms with van der Waals surface area (Å²) in [4.78, 5) is 0. The minimum absolute atomic E-state index is 0.631. The number of fused-ring (bicyclic) bond motifs is 1. The van der Waals surface area contributed by atoms with Crippen LogP contribution in [-0.2, 0) is 6.42 Å². The zero-order valence-electron chi connectivity index (χ0n) is 10.5. The molecule has 0 bridgehead atoms. The Hall–Kier alpha value is -1.96. The molecule has 92 valence electrons. The van der Waals surface area contributed by atoms with Crippen molar-refractivity contribution in [2.75, 3.05) is 19.0 Å². The van der Waals surface area contributed by atoms with Gasteiger partial charge in [-0.05, 0) is 29.7 Å². The predicted octanol–water partition coefficient (Wildman–Crippen LogP) is 3.45. The van der Waals surface area contributed by atoms with Crippen LogP contribution >= 0.6 is 0 Å². The number of ether oxygens (including phenoxy) is 1. The van der Waals surface area contributed by atoms with Gasteiger partial charge in [-0.15, -0.1) is 0 Å². The number of methoxy groups -OCH3 is 1. The minimum Gasteiger partial charge on any atom is -0.495 e. The van der Waals surface area contributed by atoms with E-state index in [1.807, 2.05) is 18.2 Å². The second-order valence-corrected chi connectivity index (χ2v) is 4.68. The van der Waals surface area contributed by atoms with Gasteiger partial charge in [0.05, 0.1) is 12.8 Å². The van der Waals surface area contributed by atoms with E-state index in [0.717, 1.165) is 18.0 Å². The maximum Gasteiger partial charge on any atom is 0.141 e. The summed E-state index contributed by atoms with van der Waals surface area (Å²) in [6.07, 6.45) is 1.18. The topological polar surface area (TPSA) is 21.3 Å². The van der Waals surface area contributed by atoms with Crippen molar-refractivity contribution in [1.82, 2.24) is 0 Å². The van der Waals surface area contributed by atoms with Gasteiger partial charge in [0.1, 0.15) is 5.75 Å². The Balaban J connectivity index is 1.67. The van der Waals surface area contributed by atoms with E-state index in [9.17, 15) is 0 Å². The quantitative estimate of drug-likeness (QED) is 0.882. The van der Waals surface area contributed by atoms with Gasteiger partial charge in [0.2, 0.25) is 0 Å². The number of hydrogen-bond acceptors (Lipinski definition) is 2. The maximum atomic E-state index is 5.34. The molecule has 0 heterocycles. The Morgan fingerprint density at radius 3 is 2.72 bits per heavy atom. The fourth-order valence-electron chi connectivity index (χ4n) is 2.57. The molecule has 0 aromatic heterocycles. The van der Waals surface area contributed by atoms with Crippen molar-refractivity contribution in [2.24, 2.45) is 0 Å². The molecular weight excluding hydrogens is 222 g/mol. The van der Waals surface area contributed by atoms with Crippen molar-refractivity contribution in [2.45, 2.75) is 12.3 Å². The summed E-state index contributed by atoms with van der Waals surface area (Å²) >= 11 is 0. The summed E-state index contributed by atoms with van der Waals surface area (Å²) in [6.45, 7) is 0.970. The van der Waals surface area contributed by atoms with Gasteiger partial charge in [0.15, 0.2) is 0 Å². The van der Waals surface area contributed by atoms with Gasteiger partial charge in [-0.25, -0.2) is 0 Å². The average Bonchev–Trinajstić information content (AvgIpc) is 2.40. The van der Waals surface area contributed by atoms with Crippen molar-refractivity contribution in [3.05, 3.63) is 59.7 Å². The zero-order valence-corrected chi connectivity index (χ0v) is 10.5. The van der Waals surface area contributed by atoms with Crippen LogP contribution in [-0.4, -0.2) is 13.7 Å². The van der Waals surface area contributed by atoms with Crippen LogP contribution in [0.15, 0.2) is 48.5 Å². The van der Waals surface area contributed by atoms with E-state index in [1.54, 1.807) is 7.11 Å². The fraction of sp³-hybridized carbons (Fsp3) is 0.250. The normalized spacial score (nSPS) is 16.6. The summed E-state index contributed by atoms with van der Waals surface area (Å²) in [6, 6.07) is 16.7. The van der Waals surface area contributed by atoms with Crippen molar-refractivity contribution in [1.29, 1.82) is 0 Å². The van der Waals surface area contributed by atoms with E-state index in [0.29, 0.717) is 5.92 Å². The lowest BCUT2D eigenvalue weighted by Gasteiger charge is -2.30. The number of rotatable bonds is 4. The molecule has 3 rings (SSSR count). The van der Waals surface area contributed by atoms with Crippen molar-refractivity contribution < 1.29 is 4.74 Å². The van der Waals surface area contributed by atoms with E-state index in [4.69, 9.17) is 4.74 Å². The highest BCUT2D eigenvalue weighted by atomic mass is 16.5. The molecule has 1 atom stereocenters. The molecule has 2 aromatic rings. The molecule has 1 aliphatic rings. The molecule has 1 N–H and O–H groups in total. The largest absolute Gasteiger partial charge is 0.495 e. The van der Waals surface area contributed by atoms with Crippen LogP contribution in [0.5, 0.6) is 5.75 Å². The van der Waals surface area contributed by atoms with Gasteiger partial charge in [0.25, 0.3) is 0 Å². The molecule has 1 aliphatic carbocycles. The van der Waals surface area contributed by atoms with E-state index in [-0.39, 0.29) is 0 Å². The molecular formula is C16H17NO. The van der Waals surface area contributed by atoms with Crippen LogP contribution in [0.4, 0.5) is 5.69 Å². The second-order valence-electron chi connectivity index (χ2n) is 4.68. The molecule has 0 spiro atoms. The Bertz CT molecular complexity index is 550. The number of benzene rings is 2. The summed E-state index contributed by atoms with van der Waals surface area (Å²) in [7, 11) is 1.71. The predicted molar refractivity (Wildman–Crippen MR) is 74.4 cm³/mol. The van der Waals surface area contributed by atoms with Gasteiger partial charge < -0.3 is 10.1 Å². The Morgan fingerprint density at radius 1 is 1.11 bits per heavy atom. The van der Waals surface area contributed by atoms with Gasteiger partial charge >= 0.3 is 0 Å². The van der Waals surface area contributed by atoms with Crippen molar-refractivity contribution >= 4 is 5.69 Å². The van der Waals surface area contributed by atoms with Gasteiger partial charge in [-0.2, -0.15) is 0 Å². The first-order chi connectivity index (χ1) is 8.88. The lowest BCUT2D eigenvalue weighted by Crippen LogP contribution is -2.24. The molecule has 18 heavy (non-hydrogen) atoms. The highest BCUT2D eigenvalue weighted by molar-refractivity contribution is 5.56. The first-order valence-corrected chi connectivity index (χ1v) is 6.33. The third kappa shape index (κ3) is 1.94. The van der Waals surface area contributed by atoms with Crippen LogP contribution in [0.25, 0.3) is 0 Å². The van der Waals surface area contributed by atoms with Crippen molar-refractivity contribution in [3.8, 4) is 5.75 Å². The lowest BCUT2D eigenvalue weighted by atomic mass is 9.77. The summed E-state index contributed by atoms with van der Waals surface area (Å²) in [5.41, 5.74) is 4.05. The molecule has 0 saturated carbocycles. The van der Waals surface area contributed by atoms with Gasteiger partial charge in [-0.1, -0.05) is 36.4 Å². The zero-order chi connectivity index (χ0) is 12.4. The molecule has 0 saturated heterocycles. The molecule has 2 aromatic carbocycles. The van der Waals surface area contributed by atoms with Gasteiger partial charge in [0, 0.05) is 12.5 Å². The molecule has 2 heteroatoms. The highest BCUT2D eigenvalue weighted by Gasteiger charge is 2.24. The third-order valence-corrected chi connectivity index (χ3v) is 3.61. The van der Waals surface area contributed by atoms with E-state index in [2.05, 4.69) is 35.6 Å². The maximum absolute atomic E-state index is 5.34. The molecule has 2 nitrogen and oxygen atoms in total. The summed E-state index contributed by atoms with van der Waals surface area (Å²) < 4.78 is 5.34. The molecule has 0 radical (unpaired) electrons. The monoisotopic (exact) mass is 239 g/mol. The Morgan fingerprint density at radius 2 is 1.89 bits per heavy atom. The van der Waals surface area contributed by atoms with Gasteiger partial charge in [-0.3, -0.25) is 0 Å². The molecule has 1 unspecified atom stereocenters. The number of para-hydroxylation sites is 2. The van der Waals surface area contributed by atoms with Crippen LogP contribution in [0.3, 0.4) is 0 Å². The average molecular weight is 239 g/mol. The Labute approximate surface area is 108 Å². The third-order valence-electron chi connectivity index (χ3n) is 3.61. The smallest absolute Gasteiger partial charge is 0.141 e. The fourth-order valence-corrected chi connectivity index (χ4v) is 2.57. The SMILES string of the molecule is COc1ccccc1NCC1Cc2ccccc21. The minimum atomic E-state index is 0.631. The molecule has 0 amide bonds. The van der Waals surface area contributed by atoms with Crippen LogP contribution in [0.2, 0.25) is 0 Å². The number of anilines is 1. The first kappa shape index (κ1) is 11.1. The van der Waals surface area contributed by atoms with E-state index < -0.39 is 0 Å². The number of nitrogens with one attached hydrogen (secondary N) is 1. The summed E-state index contributed by atoms with van der Waals surface area (Å²) in [5, 5.41) is 3.48. The molecule has 0 fully saturated rings. The number of hydrogen-bond donors (Lipinski definition) is 1. The molecule has 0 aliphatic heterocycles. The van der Waals surface area contributed by atoms with E-state index in [1.165, 1.54) is 17.5 Å². The second kappa shape index (κ2) is 4.73. The van der Waals surface area contributed by atoms with Crippen LogP contribution in [0.1, 0.15) is 17.0 Å². The van der Waals surface area contributed by atoms with Crippen molar-refractivity contribution in [3.63, 3.8) is 0 Å². The summed E-state index contributed by atoms with van der Waals surface area (Å²) in [5.74, 6) is 1.54. The van der Waals surface area contributed by atoms with Crippen LogP contribution in [0, 0.1) is 0 Å². The van der Waals surface area contributed by atoms with Crippen LogP contribution < -0.4 is 10.1 Å². The Kier molecular flexibility index (Phi) is 2.93. The highest BCUT2D eigenvalue weighted by Crippen LogP contribution is 2.35.